The second-order valence-corrected chi connectivity index (χ2v) is 12.0. The summed E-state index contributed by atoms with van der Waals surface area (Å²) in [5.41, 5.74) is 1.59. The zero-order chi connectivity index (χ0) is 31.0. The number of hydrogen-bond donors (Lipinski definition) is 1. The van der Waals surface area contributed by atoms with Crippen molar-refractivity contribution < 1.29 is 4.79 Å². The minimum atomic E-state index is 0.0509. The van der Waals surface area contributed by atoms with Gasteiger partial charge in [0.15, 0.2) is 0 Å². The van der Waals surface area contributed by atoms with E-state index in [-0.39, 0.29) is 11.3 Å². The topological polar surface area (TPSA) is 46.9 Å². The maximum atomic E-state index is 12.1. The summed E-state index contributed by atoms with van der Waals surface area (Å²) in [5.74, 6) is 2.08. The van der Waals surface area contributed by atoms with E-state index < -0.39 is 0 Å². The lowest BCUT2D eigenvalue weighted by atomic mass is 9.71. The molecule has 42 heavy (non-hydrogen) atoms. The number of rotatable bonds is 10. The van der Waals surface area contributed by atoms with Gasteiger partial charge in [0.1, 0.15) is 5.82 Å². The van der Waals surface area contributed by atoms with E-state index in [1.54, 1.807) is 0 Å². The minimum absolute atomic E-state index is 0.0509. The zero-order valence-corrected chi connectivity index (χ0v) is 27.7. The summed E-state index contributed by atoms with van der Waals surface area (Å²) >= 11 is 1.49. The number of carbonyl (C=O) groups is 1. The van der Waals surface area contributed by atoms with Gasteiger partial charge in [-0.15, -0.1) is 24.2 Å². The van der Waals surface area contributed by atoms with Crippen molar-refractivity contribution in [3.8, 4) is 12.8 Å². The van der Waals surface area contributed by atoms with Gasteiger partial charge in [0.25, 0.3) is 5.91 Å². The largest absolute Gasteiger partial charge is 0.351 e. The summed E-state index contributed by atoms with van der Waals surface area (Å²) in [5, 5.41) is 7.64. The molecule has 1 aromatic carbocycles. The van der Waals surface area contributed by atoms with Crippen LogP contribution in [-0.4, -0.2) is 22.0 Å². The number of nitrogens with zero attached hydrogens (tertiary/aromatic N) is 2. The predicted molar refractivity (Wildman–Crippen MR) is 182 cm³/mol. The number of benzene rings is 1. The molecule has 0 radical (unpaired) electrons. The average molecular weight is 588 g/mol. The molecule has 2 atom stereocenters. The molecule has 228 valence electrons. The molecule has 2 unspecified atom stereocenters. The molecule has 0 saturated heterocycles. The number of terminal acetylenes is 1. The SMILES string of the molecule is C#C.CC.CCCC(CCC)(CCNC(=O)c1cccs1)c1ccccc1.Cc1nc2c(n1C1CCC1C)=CCCC=2. The van der Waals surface area contributed by atoms with Crippen molar-refractivity contribution in [1.82, 2.24) is 14.9 Å². The van der Waals surface area contributed by atoms with E-state index in [9.17, 15) is 4.79 Å². The van der Waals surface area contributed by atoms with Crippen LogP contribution in [0.25, 0.3) is 12.2 Å². The summed E-state index contributed by atoms with van der Waals surface area (Å²) in [6.07, 6.45) is 23.3. The minimum Gasteiger partial charge on any atom is -0.351 e. The van der Waals surface area contributed by atoms with Gasteiger partial charge in [0.2, 0.25) is 0 Å². The van der Waals surface area contributed by atoms with Gasteiger partial charge in [-0.3, -0.25) is 4.79 Å². The Morgan fingerprint density at radius 3 is 2.21 bits per heavy atom. The van der Waals surface area contributed by atoms with Crippen LogP contribution in [0.5, 0.6) is 0 Å². The first-order chi connectivity index (χ1) is 20.5. The highest BCUT2D eigenvalue weighted by molar-refractivity contribution is 7.12. The van der Waals surface area contributed by atoms with Gasteiger partial charge in [-0.05, 0) is 80.2 Å². The van der Waals surface area contributed by atoms with Crippen LogP contribution in [0.1, 0.15) is 120 Å². The molecule has 0 spiro atoms. The fourth-order valence-corrected chi connectivity index (χ4v) is 6.93. The molecule has 3 aromatic rings. The summed E-state index contributed by atoms with van der Waals surface area (Å²) in [7, 11) is 0. The molecule has 0 aliphatic heterocycles. The van der Waals surface area contributed by atoms with E-state index in [1.165, 1.54) is 65.5 Å². The van der Waals surface area contributed by atoms with Crippen molar-refractivity contribution in [3.05, 3.63) is 74.8 Å². The molecule has 2 aliphatic rings. The molecule has 5 rings (SSSR count). The molecule has 2 aliphatic carbocycles. The van der Waals surface area contributed by atoms with Crippen LogP contribution in [0.2, 0.25) is 0 Å². The van der Waals surface area contributed by atoms with Crippen molar-refractivity contribution in [2.75, 3.05) is 6.54 Å². The summed E-state index contributed by atoms with van der Waals surface area (Å²) in [6, 6.07) is 15.3. The number of carbonyl (C=O) groups excluding carboxylic acids is 1. The van der Waals surface area contributed by atoms with E-state index >= 15 is 0 Å². The lowest BCUT2D eigenvalue weighted by Gasteiger charge is -2.36. The number of thiophene rings is 1. The molecule has 1 fully saturated rings. The molecule has 4 nitrogen and oxygen atoms in total. The van der Waals surface area contributed by atoms with E-state index in [2.05, 4.69) is 97.9 Å². The molecule has 1 N–H and O–H groups in total. The van der Waals surface area contributed by atoms with Gasteiger partial charge in [-0.2, -0.15) is 0 Å². The van der Waals surface area contributed by atoms with Crippen LogP contribution in [0.3, 0.4) is 0 Å². The highest BCUT2D eigenvalue weighted by Crippen LogP contribution is 2.38. The molecule has 1 saturated carbocycles. The molecule has 1 amide bonds. The summed E-state index contributed by atoms with van der Waals surface area (Å²) in [4.78, 5) is 17.6. The number of fused-ring (bicyclic) bond motifs is 1. The van der Waals surface area contributed by atoms with Crippen molar-refractivity contribution in [3.63, 3.8) is 0 Å². The van der Waals surface area contributed by atoms with E-state index in [0.29, 0.717) is 6.04 Å². The third-order valence-electron chi connectivity index (χ3n) is 8.38. The first-order valence-corrected chi connectivity index (χ1v) is 16.8. The Balaban J connectivity index is 0.000000278. The van der Waals surface area contributed by atoms with Crippen molar-refractivity contribution in [2.24, 2.45) is 5.92 Å². The predicted octanol–water partition coefficient (Wildman–Crippen LogP) is 8.20. The van der Waals surface area contributed by atoms with Crippen LogP contribution in [0.4, 0.5) is 0 Å². The Morgan fingerprint density at radius 2 is 1.67 bits per heavy atom. The fraction of sp³-hybridized carbons (Fsp3) is 0.514. The Labute approximate surface area is 259 Å². The van der Waals surface area contributed by atoms with Gasteiger partial charge in [-0.25, -0.2) is 4.98 Å². The highest BCUT2D eigenvalue weighted by Gasteiger charge is 2.31. The Hall–Kier alpha value is -3.10. The molecule has 2 aromatic heterocycles. The van der Waals surface area contributed by atoms with Gasteiger partial charge in [0, 0.05) is 12.6 Å². The van der Waals surface area contributed by atoms with Crippen LogP contribution < -0.4 is 16.0 Å². The Morgan fingerprint density at radius 1 is 1.00 bits per heavy atom. The first kappa shape index (κ1) is 35.1. The Kier molecular flexibility index (Phi) is 15.4. The lowest BCUT2D eigenvalue weighted by molar-refractivity contribution is 0.0953. The van der Waals surface area contributed by atoms with Crippen LogP contribution in [0, 0.1) is 25.7 Å². The fourth-order valence-electron chi connectivity index (χ4n) is 6.29. The second kappa shape index (κ2) is 18.4. The smallest absolute Gasteiger partial charge is 0.261 e. The summed E-state index contributed by atoms with van der Waals surface area (Å²) < 4.78 is 2.47. The third kappa shape index (κ3) is 8.95. The Bertz CT molecular complexity index is 1310. The molecule has 0 bridgehead atoms. The monoisotopic (exact) mass is 587 g/mol. The number of aryl methyl sites for hydroxylation is 1. The lowest BCUT2D eigenvalue weighted by Crippen LogP contribution is -2.39. The van der Waals surface area contributed by atoms with E-state index in [4.69, 9.17) is 0 Å². The highest BCUT2D eigenvalue weighted by atomic mass is 32.1. The van der Waals surface area contributed by atoms with Crippen LogP contribution >= 0.6 is 11.3 Å². The van der Waals surface area contributed by atoms with Crippen molar-refractivity contribution in [2.45, 2.75) is 111 Å². The normalized spacial score (nSPS) is 16.7. The molecule has 2 heterocycles. The number of imidazole rings is 1. The van der Waals surface area contributed by atoms with Crippen molar-refractivity contribution >= 4 is 29.4 Å². The quantitative estimate of drug-likeness (QED) is 0.243. The van der Waals surface area contributed by atoms with Gasteiger partial charge in [-0.1, -0.05) is 96.0 Å². The van der Waals surface area contributed by atoms with E-state index in [1.807, 2.05) is 31.4 Å². The average Bonchev–Trinajstić information content (AvgIpc) is 3.68. The van der Waals surface area contributed by atoms with Crippen LogP contribution in [0.15, 0.2) is 47.8 Å². The van der Waals surface area contributed by atoms with Gasteiger partial charge < -0.3 is 9.88 Å². The standard InChI is InChI=1S/C20H27NOS.C13H18N2.C2H6.C2H2/c1-3-12-20(13-4-2,17-9-6-5-7-10-17)14-15-21-19(22)18-11-8-16-23-18;1-9-7-8-12(9)15-10(2)14-11-5-3-4-6-13(11)15;2*1-2/h5-11,16H,3-4,12-15H2,1-2H3,(H,21,22);5-6,9,12H,3-4,7-8H2,1-2H3;1-2H3;1-2H. The number of hydrogen-bond acceptors (Lipinski definition) is 3. The molecule has 5 heteroatoms. The van der Waals surface area contributed by atoms with Gasteiger partial charge in [0.05, 0.1) is 15.6 Å². The first-order valence-electron chi connectivity index (χ1n) is 15.9. The van der Waals surface area contributed by atoms with Gasteiger partial charge >= 0.3 is 0 Å². The number of aromatic nitrogens is 2. The maximum Gasteiger partial charge on any atom is 0.261 e. The molecular formula is C37H53N3OS. The third-order valence-corrected chi connectivity index (χ3v) is 9.25. The molecular weight excluding hydrogens is 534 g/mol. The zero-order valence-electron chi connectivity index (χ0n) is 26.9. The summed E-state index contributed by atoms with van der Waals surface area (Å²) in [6.45, 7) is 13.7. The van der Waals surface area contributed by atoms with Crippen molar-refractivity contribution in [1.29, 1.82) is 0 Å². The number of nitrogens with one attached hydrogen (secondary N) is 1. The maximum absolute atomic E-state index is 12.1. The number of amides is 1. The second-order valence-electron chi connectivity index (χ2n) is 11.0. The van der Waals surface area contributed by atoms with E-state index in [0.717, 1.165) is 43.0 Å². The van der Waals surface area contributed by atoms with Crippen LogP contribution in [-0.2, 0) is 5.41 Å².